The zero-order valence-electron chi connectivity index (χ0n) is 13.2. The zero-order chi connectivity index (χ0) is 17.9. The molecule has 1 atom stereocenters. The van der Waals surface area contributed by atoms with E-state index in [2.05, 4.69) is 10.4 Å². The van der Waals surface area contributed by atoms with Gasteiger partial charge in [0.25, 0.3) is 5.91 Å². The molecule has 0 aliphatic heterocycles. The summed E-state index contributed by atoms with van der Waals surface area (Å²) in [6.07, 6.45) is 0.353. The van der Waals surface area contributed by atoms with Gasteiger partial charge in [0.2, 0.25) is 0 Å². The molecule has 24 heavy (non-hydrogen) atoms. The second-order valence-corrected chi connectivity index (χ2v) is 6.30. The molecule has 0 fully saturated rings. The molecule has 0 spiro atoms. The highest BCUT2D eigenvalue weighted by molar-refractivity contribution is 6.42. The summed E-state index contributed by atoms with van der Waals surface area (Å²) in [5.74, 6) is -1.24. The number of aromatic nitrogens is 2. The maximum absolute atomic E-state index is 12.2. The number of amides is 1. The van der Waals surface area contributed by atoms with Gasteiger partial charge in [0.15, 0.2) is 5.69 Å². The average Bonchev–Trinajstić information content (AvgIpc) is 2.90. The third kappa shape index (κ3) is 4.49. The van der Waals surface area contributed by atoms with Crippen LogP contribution in [0, 0.1) is 6.92 Å². The molecule has 0 saturated heterocycles. The summed E-state index contributed by atoms with van der Waals surface area (Å²) in [6, 6.07) is 6.48. The minimum absolute atomic E-state index is 0.00180. The van der Waals surface area contributed by atoms with Gasteiger partial charge < -0.3 is 10.4 Å². The number of nitrogens with one attached hydrogen (secondary N) is 1. The third-order valence-corrected chi connectivity index (χ3v) is 4.18. The van der Waals surface area contributed by atoms with Gasteiger partial charge in [-0.2, -0.15) is 5.10 Å². The number of carboxylic acids is 1. The third-order valence-electron chi connectivity index (χ3n) is 3.44. The summed E-state index contributed by atoms with van der Waals surface area (Å²) in [6.45, 7) is 3.57. The first-order chi connectivity index (χ1) is 11.3. The fourth-order valence-electron chi connectivity index (χ4n) is 2.17. The van der Waals surface area contributed by atoms with Crippen LogP contribution in [0.3, 0.4) is 0 Å². The second-order valence-electron chi connectivity index (χ2n) is 5.49. The first-order valence-corrected chi connectivity index (χ1v) is 8.08. The van der Waals surface area contributed by atoms with E-state index in [9.17, 15) is 9.59 Å². The van der Waals surface area contributed by atoms with Crippen molar-refractivity contribution in [1.29, 1.82) is 0 Å². The molecule has 0 saturated carbocycles. The Kier molecular flexibility index (Phi) is 5.85. The van der Waals surface area contributed by atoms with Crippen molar-refractivity contribution in [2.45, 2.75) is 32.7 Å². The fourth-order valence-corrected chi connectivity index (χ4v) is 2.47. The maximum atomic E-state index is 12.2. The van der Waals surface area contributed by atoms with Gasteiger partial charge in [-0.3, -0.25) is 9.59 Å². The highest BCUT2D eigenvalue weighted by atomic mass is 35.5. The molecule has 1 amide bonds. The normalized spacial score (nSPS) is 12.0. The van der Waals surface area contributed by atoms with Crippen LogP contribution >= 0.6 is 23.2 Å². The summed E-state index contributed by atoms with van der Waals surface area (Å²) in [7, 11) is 0. The standard InChI is InChI=1S/C16H17Cl2N3O3/c1-9(3-6-15(22)23)19-16(24)14-7-10(2)21(20-14)11-4-5-12(17)13(18)8-11/h4-5,7-9H,3,6H2,1-2H3,(H,19,24)(H,22,23). The van der Waals surface area contributed by atoms with Gasteiger partial charge in [-0.25, -0.2) is 4.68 Å². The van der Waals surface area contributed by atoms with Gasteiger partial charge in [0.1, 0.15) is 0 Å². The number of hydrogen-bond donors (Lipinski definition) is 2. The minimum atomic E-state index is -0.893. The molecular formula is C16H17Cl2N3O3. The van der Waals surface area contributed by atoms with Crippen molar-refractivity contribution in [3.05, 3.63) is 45.7 Å². The number of rotatable bonds is 6. The Labute approximate surface area is 149 Å². The Bertz CT molecular complexity index is 774. The molecule has 2 rings (SSSR count). The number of aryl methyl sites for hydroxylation is 1. The molecular weight excluding hydrogens is 353 g/mol. The minimum Gasteiger partial charge on any atom is -0.481 e. The quantitative estimate of drug-likeness (QED) is 0.816. The van der Waals surface area contributed by atoms with Crippen molar-refractivity contribution in [3.63, 3.8) is 0 Å². The molecule has 2 N–H and O–H groups in total. The second kappa shape index (κ2) is 7.68. The van der Waals surface area contributed by atoms with E-state index in [-0.39, 0.29) is 24.1 Å². The Morgan fingerprint density at radius 3 is 2.62 bits per heavy atom. The van der Waals surface area contributed by atoms with Gasteiger partial charge in [-0.05, 0) is 44.5 Å². The molecule has 128 valence electrons. The predicted molar refractivity (Wildman–Crippen MR) is 92.1 cm³/mol. The Balaban J connectivity index is 2.14. The number of carbonyl (C=O) groups is 2. The van der Waals surface area contributed by atoms with Crippen LogP contribution in [0.2, 0.25) is 10.0 Å². The Morgan fingerprint density at radius 1 is 1.29 bits per heavy atom. The van der Waals surface area contributed by atoms with Gasteiger partial charge in [0.05, 0.1) is 15.7 Å². The molecule has 8 heteroatoms. The Morgan fingerprint density at radius 2 is 2.00 bits per heavy atom. The zero-order valence-corrected chi connectivity index (χ0v) is 14.7. The highest BCUT2D eigenvalue weighted by Gasteiger charge is 2.16. The van der Waals surface area contributed by atoms with Crippen molar-refractivity contribution in [3.8, 4) is 5.69 Å². The van der Waals surface area contributed by atoms with Crippen LogP contribution in [0.5, 0.6) is 0 Å². The number of nitrogens with zero attached hydrogens (tertiary/aromatic N) is 2. The summed E-state index contributed by atoms with van der Waals surface area (Å²) in [5.41, 5.74) is 1.71. The van der Waals surface area contributed by atoms with Crippen molar-refractivity contribution < 1.29 is 14.7 Å². The predicted octanol–water partition coefficient (Wildman–Crippen LogP) is 3.47. The molecule has 1 unspecified atom stereocenters. The van der Waals surface area contributed by atoms with Crippen molar-refractivity contribution in [2.24, 2.45) is 0 Å². The fraction of sp³-hybridized carbons (Fsp3) is 0.312. The van der Waals surface area contributed by atoms with E-state index in [1.54, 1.807) is 35.9 Å². The van der Waals surface area contributed by atoms with Crippen LogP contribution in [-0.2, 0) is 4.79 Å². The molecule has 0 aliphatic rings. The number of hydrogen-bond acceptors (Lipinski definition) is 3. The molecule has 6 nitrogen and oxygen atoms in total. The van der Waals surface area contributed by atoms with Crippen LogP contribution in [0.25, 0.3) is 5.69 Å². The molecule has 0 radical (unpaired) electrons. The topological polar surface area (TPSA) is 84.2 Å². The highest BCUT2D eigenvalue weighted by Crippen LogP contribution is 2.25. The number of carbonyl (C=O) groups excluding carboxylic acids is 1. The lowest BCUT2D eigenvalue weighted by molar-refractivity contribution is -0.137. The monoisotopic (exact) mass is 369 g/mol. The lowest BCUT2D eigenvalue weighted by atomic mass is 10.2. The first-order valence-electron chi connectivity index (χ1n) is 7.32. The van der Waals surface area contributed by atoms with Crippen LogP contribution in [0.15, 0.2) is 24.3 Å². The van der Waals surface area contributed by atoms with E-state index in [1.807, 2.05) is 6.92 Å². The lowest BCUT2D eigenvalue weighted by Crippen LogP contribution is -2.33. The summed E-state index contributed by atoms with van der Waals surface area (Å²) >= 11 is 11.9. The van der Waals surface area contributed by atoms with Gasteiger partial charge in [-0.15, -0.1) is 0 Å². The Hall–Kier alpha value is -2.05. The van der Waals surface area contributed by atoms with Gasteiger partial charge >= 0.3 is 5.97 Å². The summed E-state index contributed by atoms with van der Waals surface area (Å²) in [5, 5.41) is 16.5. The van der Waals surface area contributed by atoms with Crippen LogP contribution in [0.4, 0.5) is 0 Å². The average molecular weight is 370 g/mol. The van der Waals surface area contributed by atoms with Gasteiger partial charge in [0, 0.05) is 18.2 Å². The van der Waals surface area contributed by atoms with Crippen molar-refractivity contribution in [1.82, 2.24) is 15.1 Å². The van der Waals surface area contributed by atoms with E-state index in [0.29, 0.717) is 22.2 Å². The van der Waals surface area contributed by atoms with Crippen molar-refractivity contribution in [2.75, 3.05) is 0 Å². The van der Waals surface area contributed by atoms with Crippen LogP contribution in [-0.4, -0.2) is 32.8 Å². The first kappa shape index (κ1) is 18.3. The largest absolute Gasteiger partial charge is 0.481 e. The molecule has 2 aromatic rings. The van der Waals surface area contributed by atoms with Crippen LogP contribution in [0.1, 0.15) is 35.9 Å². The molecule has 1 aromatic carbocycles. The number of halogens is 2. The van der Waals surface area contributed by atoms with Gasteiger partial charge in [-0.1, -0.05) is 23.2 Å². The SMILES string of the molecule is Cc1cc(C(=O)NC(C)CCC(=O)O)nn1-c1ccc(Cl)c(Cl)c1. The number of benzene rings is 1. The van der Waals surface area contributed by atoms with E-state index in [0.717, 1.165) is 5.69 Å². The van der Waals surface area contributed by atoms with E-state index in [4.69, 9.17) is 28.3 Å². The van der Waals surface area contributed by atoms with E-state index >= 15 is 0 Å². The van der Waals surface area contributed by atoms with Crippen molar-refractivity contribution >= 4 is 35.1 Å². The summed E-state index contributed by atoms with van der Waals surface area (Å²) < 4.78 is 1.60. The number of aliphatic carboxylic acids is 1. The molecule has 0 aliphatic carbocycles. The van der Waals surface area contributed by atoms with E-state index in [1.165, 1.54) is 0 Å². The molecule has 1 aromatic heterocycles. The maximum Gasteiger partial charge on any atom is 0.303 e. The lowest BCUT2D eigenvalue weighted by Gasteiger charge is -2.11. The number of carboxylic acid groups (broad SMARTS) is 1. The van der Waals surface area contributed by atoms with Crippen LogP contribution < -0.4 is 5.32 Å². The smallest absolute Gasteiger partial charge is 0.303 e. The molecule has 1 heterocycles. The van der Waals surface area contributed by atoms with E-state index < -0.39 is 5.97 Å². The summed E-state index contributed by atoms with van der Waals surface area (Å²) in [4.78, 5) is 22.8. The molecule has 0 bridgehead atoms.